The molecule has 8 aliphatic carbocycles. The van der Waals surface area contributed by atoms with Gasteiger partial charge in [-0.2, -0.15) is 0 Å². The van der Waals surface area contributed by atoms with Crippen LogP contribution < -0.4 is 0 Å². The standard InChI is InChI=1S/C16H18Br2O6/c1-21-15(22-2)7-5-10-12(20)16(23-3,24-4)8(7)6-9(11(15)19)13(5,17)14(6,10)18/h5-10H,1-4H3/t5-,6-,7-,8+,9-,10-,13+,14+/m0/s1. The lowest BCUT2D eigenvalue weighted by molar-refractivity contribution is -0.413. The van der Waals surface area contributed by atoms with Crippen LogP contribution >= 0.6 is 31.9 Å². The van der Waals surface area contributed by atoms with E-state index < -0.39 is 20.2 Å². The van der Waals surface area contributed by atoms with Gasteiger partial charge in [0.1, 0.15) is 0 Å². The van der Waals surface area contributed by atoms with Crippen molar-refractivity contribution in [1.82, 2.24) is 0 Å². The lowest BCUT2D eigenvalue weighted by atomic mass is 9.19. The second-order valence-electron chi connectivity index (χ2n) is 7.47. The summed E-state index contributed by atoms with van der Waals surface area (Å²) in [6.07, 6.45) is 0. The molecule has 6 nitrogen and oxygen atoms in total. The zero-order valence-electron chi connectivity index (χ0n) is 13.7. The fourth-order valence-corrected chi connectivity index (χ4v) is 10.2. The van der Waals surface area contributed by atoms with Gasteiger partial charge in [-0.3, -0.25) is 9.59 Å². The molecule has 8 fully saturated rings. The van der Waals surface area contributed by atoms with Crippen LogP contribution in [0.5, 0.6) is 0 Å². The molecular weight excluding hydrogens is 448 g/mol. The van der Waals surface area contributed by atoms with Crippen LogP contribution in [0.2, 0.25) is 0 Å². The van der Waals surface area contributed by atoms with E-state index in [2.05, 4.69) is 31.9 Å². The van der Waals surface area contributed by atoms with E-state index in [1.54, 1.807) is 0 Å². The fourth-order valence-electron chi connectivity index (χ4n) is 7.13. The van der Waals surface area contributed by atoms with Crippen molar-refractivity contribution in [1.29, 1.82) is 0 Å². The largest absolute Gasteiger partial charge is 0.347 e. The van der Waals surface area contributed by atoms with Gasteiger partial charge in [0, 0.05) is 52.1 Å². The number of rotatable bonds is 4. The summed E-state index contributed by atoms with van der Waals surface area (Å²) < 4.78 is 21.8. The number of carbonyl (C=O) groups excluding carboxylic acids is 2. The highest BCUT2D eigenvalue weighted by Crippen LogP contribution is 2.92. The van der Waals surface area contributed by atoms with E-state index in [-0.39, 0.29) is 47.1 Å². The summed E-state index contributed by atoms with van der Waals surface area (Å²) in [5, 5.41) is 0. The first-order valence-electron chi connectivity index (χ1n) is 7.96. The van der Waals surface area contributed by atoms with Gasteiger partial charge in [0.15, 0.2) is 11.6 Å². The van der Waals surface area contributed by atoms with Crippen LogP contribution in [0.3, 0.4) is 0 Å². The van der Waals surface area contributed by atoms with E-state index in [1.165, 1.54) is 28.4 Å². The van der Waals surface area contributed by atoms with Crippen molar-refractivity contribution < 1.29 is 28.5 Å². The average Bonchev–Trinajstić information content (AvgIpc) is 2.58. The predicted octanol–water partition coefficient (Wildman–Crippen LogP) is 1.14. The molecule has 0 aromatic carbocycles. The van der Waals surface area contributed by atoms with Gasteiger partial charge in [0.2, 0.25) is 11.6 Å². The quantitative estimate of drug-likeness (QED) is 0.458. The van der Waals surface area contributed by atoms with Crippen LogP contribution in [-0.2, 0) is 28.5 Å². The average molecular weight is 466 g/mol. The Bertz CT molecular complexity index is 630. The van der Waals surface area contributed by atoms with E-state index in [4.69, 9.17) is 18.9 Å². The first-order chi connectivity index (χ1) is 11.3. The predicted molar refractivity (Wildman–Crippen MR) is 87.8 cm³/mol. The third-order valence-electron chi connectivity index (χ3n) is 7.68. The van der Waals surface area contributed by atoms with Crippen LogP contribution in [-0.4, -0.2) is 60.2 Å². The maximum Gasteiger partial charge on any atom is 0.232 e. The molecule has 0 aromatic heterocycles. The van der Waals surface area contributed by atoms with Crippen LogP contribution in [0.4, 0.5) is 0 Å². The highest BCUT2D eigenvalue weighted by atomic mass is 79.9. The maximum absolute atomic E-state index is 13.2. The summed E-state index contributed by atoms with van der Waals surface area (Å²) in [5.74, 6) is -4.02. The number of ether oxygens (including phenoxy) is 4. The van der Waals surface area contributed by atoms with Crippen molar-refractivity contribution in [2.45, 2.75) is 20.2 Å². The third kappa shape index (κ3) is 1.05. The number of ketones is 2. The van der Waals surface area contributed by atoms with Crippen molar-refractivity contribution >= 4 is 43.4 Å². The molecule has 8 atom stereocenters. The highest BCUT2D eigenvalue weighted by molar-refractivity contribution is 9.13. The Hall–Kier alpha value is 0.140. The Morgan fingerprint density at radius 2 is 0.958 bits per heavy atom. The first-order valence-corrected chi connectivity index (χ1v) is 9.55. The molecule has 8 saturated carbocycles. The lowest BCUT2D eigenvalue weighted by Crippen LogP contribution is -3.03. The SMILES string of the molecule is COC1(OC)C(=O)[C@@H]2[C@@H]3[C@@H]4[C@@H]1[C@H]1[C@@H](C(=O)C4(OC)OC)[C@@]3(Br)[C@@]12Br. The number of hydrogen-bond acceptors (Lipinski definition) is 6. The van der Waals surface area contributed by atoms with Gasteiger partial charge in [-0.05, 0) is 11.8 Å². The highest BCUT2D eigenvalue weighted by Gasteiger charge is 3.02. The molecule has 24 heavy (non-hydrogen) atoms. The Balaban J connectivity index is 1.78. The molecule has 0 spiro atoms. The number of Topliss-reactive ketones (excluding diaryl/α,β-unsaturated/α-hetero) is 2. The molecule has 0 radical (unpaired) electrons. The van der Waals surface area contributed by atoms with E-state index in [0.29, 0.717) is 0 Å². The monoisotopic (exact) mass is 464 g/mol. The molecule has 0 amide bonds. The first kappa shape index (κ1) is 16.3. The smallest absolute Gasteiger partial charge is 0.232 e. The summed E-state index contributed by atoms with van der Waals surface area (Å²) in [6, 6.07) is 0. The van der Waals surface area contributed by atoms with Gasteiger partial charge in [0.05, 0.1) is 8.65 Å². The summed E-state index contributed by atoms with van der Waals surface area (Å²) in [5.41, 5.74) is 0. The van der Waals surface area contributed by atoms with Crippen molar-refractivity contribution in [3.8, 4) is 0 Å². The molecule has 0 N–H and O–H groups in total. The molecule has 8 heteroatoms. The summed E-state index contributed by atoms with van der Waals surface area (Å²) in [7, 11) is 5.97. The van der Waals surface area contributed by atoms with Crippen molar-refractivity contribution in [2.75, 3.05) is 28.4 Å². The number of carbonyl (C=O) groups is 2. The molecule has 0 saturated heterocycles. The van der Waals surface area contributed by atoms with Crippen LogP contribution in [0.15, 0.2) is 0 Å². The van der Waals surface area contributed by atoms with Gasteiger partial charge < -0.3 is 18.9 Å². The fraction of sp³-hybridized carbons (Fsp3) is 0.875. The molecule has 132 valence electrons. The Kier molecular flexibility index (Phi) is 2.84. The minimum Gasteiger partial charge on any atom is -0.347 e. The van der Waals surface area contributed by atoms with E-state index >= 15 is 0 Å². The van der Waals surface area contributed by atoms with Gasteiger partial charge in [-0.15, -0.1) is 0 Å². The number of hydrogen-bond donors (Lipinski definition) is 0. The zero-order valence-corrected chi connectivity index (χ0v) is 16.8. The maximum atomic E-state index is 13.2. The second kappa shape index (κ2) is 4.17. The minimum absolute atomic E-state index is 0.0413. The van der Waals surface area contributed by atoms with Crippen LogP contribution in [0.25, 0.3) is 0 Å². The Morgan fingerprint density at radius 1 is 0.667 bits per heavy atom. The van der Waals surface area contributed by atoms with Gasteiger partial charge >= 0.3 is 0 Å². The molecule has 8 bridgehead atoms. The molecule has 8 rings (SSSR count). The van der Waals surface area contributed by atoms with E-state index in [1.807, 2.05) is 0 Å². The second-order valence-corrected chi connectivity index (χ2v) is 10.1. The van der Waals surface area contributed by atoms with Crippen molar-refractivity contribution in [3.63, 3.8) is 0 Å². The number of alkyl halides is 2. The molecule has 8 aliphatic rings. The molecule has 0 heterocycles. The number of halogens is 2. The van der Waals surface area contributed by atoms with Crippen LogP contribution in [0.1, 0.15) is 0 Å². The van der Waals surface area contributed by atoms with Crippen molar-refractivity contribution in [3.05, 3.63) is 0 Å². The molecule has 0 aromatic rings. The lowest BCUT2D eigenvalue weighted by Gasteiger charge is -2.91. The Morgan fingerprint density at radius 3 is 1.21 bits per heavy atom. The van der Waals surface area contributed by atoms with Gasteiger partial charge in [0.25, 0.3) is 0 Å². The van der Waals surface area contributed by atoms with E-state index in [9.17, 15) is 9.59 Å². The normalized spacial score (nSPS) is 56.9. The minimum atomic E-state index is -1.34. The number of fused-ring (bicyclic) bond motifs is 2. The summed E-state index contributed by atoms with van der Waals surface area (Å²) in [4.78, 5) is 26.4. The van der Waals surface area contributed by atoms with Gasteiger partial charge in [-0.1, -0.05) is 31.9 Å². The Labute approximate surface area is 156 Å². The summed E-state index contributed by atoms with van der Waals surface area (Å²) >= 11 is 7.67. The topological polar surface area (TPSA) is 71.1 Å². The zero-order chi connectivity index (χ0) is 17.4. The molecular formula is C16H18Br2O6. The number of methoxy groups -OCH3 is 4. The van der Waals surface area contributed by atoms with E-state index in [0.717, 1.165) is 0 Å². The van der Waals surface area contributed by atoms with Crippen LogP contribution in [0, 0.1) is 35.5 Å². The molecule has 0 unspecified atom stereocenters. The van der Waals surface area contributed by atoms with Gasteiger partial charge in [-0.25, -0.2) is 0 Å². The van der Waals surface area contributed by atoms with Crippen molar-refractivity contribution in [2.24, 2.45) is 35.5 Å². The molecule has 0 aliphatic heterocycles. The third-order valence-corrected chi connectivity index (χ3v) is 11.6. The summed E-state index contributed by atoms with van der Waals surface area (Å²) in [6.45, 7) is 0.